The number of benzene rings is 1. The van der Waals surface area contributed by atoms with Crippen molar-refractivity contribution in [3.8, 4) is 17.1 Å². The van der Waals surface area contributed by atoms with E-state index in [9.17, 15) is 4.79 Å². The minimum Gasteiger partial charge on any atom is -0.490 e. The van der Waals surface area contributed by atoms with Gasteiger partial charge in [0.25, 0.3) is 0 Å². The van der Waals surface area contributed by atoms with Gasteiger partial charge in [0.1, 0.15) is 0 Å². The summed E-state index contributed by atoms with van der Waals surface area (Å²) < 4.78 is 11.4. The molecule has 2 aromatic rings. The molecule has 0 saturated heterocycles. The van der Waals surface area contributed by atoms with Crippen LogP contribution in [0, 0.1) is 0 Å². The molecule has 2 unspecified atom stereocenters. The summed E-state index contributed by atoms with van der Waals surface area (Å²) in [5, 5.41) is 0. The Morgan fingerprint density at radius 3 is 2.12 bits per heavy atom. The first-order valence-electron chi connectivity index (χ1n) is 13.3. The van der Waals surface area contributed by atoms with Crippen LogP contribution in [0.2, 0.25) is 0 Å². The molecule has 0 amide bonds. The number of carbonyl (C=O) groups is 1. The summed E-state index contributed by atoms with van der Waals surface area (Å²) in [7, 11) is 0. The molecule has 0 aliphatic heterocycles. The second kappa shape index (κ2) is 16.2. The summed E-state index contributed by atoms with van der Waals surface area (Å²) in [5.41, 5.74) is 2.06. The third kappa shape index (κ3) is 10.7. The van der Waals surface area contributed by atoms with Gasteiger partial charge in [-0.15, -0.1) is 0 Å². The molecule has 0 aliphatic rings. The van der Waals surface area contributed by atoms with Gasteiger partial charge in [0.15, 0.2) is 11.6 Å². The van der Waals surface area contributed by atoms with Crippen LogP contribution < -0.4 is 4.74 Å². The summed E-state index contributed by atoms with van der Waals surface area (Å²) in [4.78, 5) is 21.3. The summed E-state index contributed by atoms with van der Waals surface area (Å²) in [5.74, 6) is 1.36. The second-order valence-corrected chi connectivity index (χ2v) is 9.38. The molecule has 0 N–H and O–H groups in total. The molecule has 0 fully saturated rings. The number of hydrogen-bond donors (Lipinski definition) is 0. The Morgan fingerprint density at radius 2 is 1.47 bits per heavy atom. The number of unbranched alkanes of at least 4 members (excludes halogenated alkanes) is 7. The minimum absolute atomic E-state index is 0.0101. The fourth-order valence-electron chi connectivity index (χ4n) is 3.95. The lowest BCUT2D eigenvalue weighted by Crippen LogP contribution is -2.16. The van der Waals surface area contributed by atoms with Gasteiger partial charge < -0.3 is 9.47 Å². The first-order chi connectivity index (χ1) is 16.5. The molecular weight excluding hydrogens is 424 g/mol. The van der Waals surface area contributed by atoms with Crippen molar-refractivity contribution in [3.63, 3.8) is 0 Å². The molecule has 1 aromatic heterocycles. The highest BCUT2D eigenvalue weighted by atomic mass is 16.5. The van der Waals surface area contributed by atoms with E-state index in [1.807, 2.05) is 31.2 Å². The van der Waals surface area contributed by atoms with Crippen LogP contribution in [0.5, 0.6) is 5.75 Å². The average Bonchev–Trinajstić information content (AvgIpc) is 2.84. The average molecular weight is 469 g/mol. The molecule has 0 aliphatic carbocycles. The van der Waals surface area contributed by atoms with E-state index in [0.717, 1.165) is 30.4 Å². The highest BCUT2D eigenvalue weighted by Gasteiger charge is 2.15. The number of ether oxygens (including phenoxy) is 2. The zero-order chi connectivity index (χ0) is 24.6. The Hall–Kier alpha value is -2.43. The molecule has 0 bridgehead atoms. The van der Waals surface area contributed by atoms with E-state index in [0.29, 0.717) is 24.6 Å². The normalized spacial score (nSPS) is 12.8. The molecule has 1 aromatic carbocycles. The SMILES string of the molecule is CCCCCCCOc1cnc(-c2ccc(C(C)CC(=O)OC(C)CCCCCC)cc2)nc1. The molecule has 34 heavy (non-hydrogen) atoms. The largest absolute Gasteiger partial charge is 0.490 e. The molecule has 1 heterocycles. The number of nitrogens with zero attached hydrogens (tertiary/aromatic N) is 2. The lowest BCUT2D eigenvalue weighted by atomic mass is 9.96. The number of esters is 1. The third-order valence-electron chi connectivity index (χ3n) is 6.15. The van der Waals surface area contributed by atoms with Gasteiger partial charge in [0.2, 0.25) is 0 Å². The lowest BCUT2D eigenvalue weighted by molar-refractivity contribution is -0.148. The first-order valence-corrected chi connectivity index (χ1v) is 13.3. The molecule has 188 valence electrons. The lowest BCUT2D eigenvalue weighted by Gasteiger charge is -2.16. The topological polar surface area (TPSA) is 61.3 Å². The Kier molecular flexibility index (Phi) is 13.3. The van der Waals surface area contributed by atoms with E-state index in [2.05, 4.69) is 30.7 Å². The molecule has 2 rings (SSSR count). The van der Waals surface area contributed by atoms with Crippen molar-refractivity contribution in [2.24, 2.45) is 0 Å². The zero-order valence-corrected chi connectivity index (χ0v) is 21.7. The quantitative estimate of drug-likeness (QED) is 0.174. The minimum atomic E-state index is -0.121. The fourth-order valence-corrected chi connectivity index (χ4v) is 3.95. The van der Waals surface area contributed by atoms with Crippen molar-refractivity contribution < 1.29 is 14.3 Å². The van der Waals surface area contributed by atoms with Gasteiger partial charge in [-0.1, -0.05) is 90.0 Å². The molecular formula is C29H44N2O3. The van der Waals surface area contributed by atoms with Crippen LogP contribution >= 0.6 is 0 Å². The molecule has 0 spiro atoms. The smallest absolute Gasteiger partial charge is 0.306 e. The maximum atomic E-state index is 12.3. The van der Waals surface area contributed by atoms with Crippen LogP contribution in [0.1, 0.15) is 110 Å². The van der Waals surface area contributed by atoms with Gasteiger partial charge in [-0.05, 0) is 37.7 Å². The van der Waals surface area contributed by atoms with E-state index in [4.69, 9.17) is 9.47 Å². The van der Waals surface area contributed by atoms with E-state index in [-0.39, 0.29) is 18.0 Å². The number of hydrogen-bond acceptors (Lipinski definition) is 5. The number of rotatable bonds is 17. The Bertz CT molecular complexity index is 805. The van der Waals surface area contributed by atoms with Gasteiger partial charge in [-0.2, -0.15) is 0 Å². The van der Waals surface area contributed by atoms with Crippen LogP contribution in [0.3, 0.4) is 0 Å². The van der Waals surface area contributed by atoms with Crippen molar-refractivity contribution in [1.82, 2.24) is 9.97 Å². The Labute approximate surface area is 206 Å². The molecule has 0 saturated carbocycles. The van der Waals surface area contributed by atoms with Gasteiger partial charge in [0.05, 0.1) is 31.5 Å². The van der Waals surface area contributed by atoms with Gasteiger partial charge in [-0.3, -0.25) is 4.79 Å². The van der Waals surface area contributed by atoms with Gasteiger partial charge >= 0.3 is 5.97 Å². The van der Waals surface area contributed by atoms with Gasteiger partial charge in [0, 0.05) is 5.56 Å². The maximum absolute atomic E-state index is 12.3. The standard InChI is InChI=1S/C29H44N2O3/c1-5-7-9-11-13-19-33-27-21-30-29(31-22-27)26-17-15-25(16-18-26)23(3)20-28(32)34-24(4)14-12-10-8-6-2/h15-18,21-24H,5-14,19-20H2,1-4H3. The molecule has 2 atom stereocenters. The predicted molar refractivity (Wildman–Crippen MR) is 139 cm³/mol. The van der Waals surface area contributed by atoms with Crippen LogP contribution in [-0.2, 0) is 9.53 Å². The number of aromatic nitrogens is 2. The zero-order valence-electron chi connectivity index (χ0n) is 21.7. The van der Waals surface area contributed by atoms with Gasteiger partial charge in [-0.25, -0.2) is 9.97 Å². The second-order valence-electron chi connectivity index (χ2n) is 9.38. The summed E-state index contributed by atoms with van der Waals surface area (Å²) in [6.07, 6.45) is 15.7. The molecule has 0 radical (unpaired) electrons. The maximum Gasteiger partial charge on any atom is 0.306 e. The molecule has 5 heteroatoms. The van der Waals surface area contributed by atoms with Crippen molar-refractivity contribution in [3.05, 3.63) is 42.2 Å². The summed E-state index contributed by atoms with van der Waals surface area (Å²) >= 11 is 0. The predicted octanol–water partition coefficient (Wildman–Crippen LogP) is 7.89. The Morgan fingerprint density at radius 1 is 0.853 bits per heavy atom. The van der Waals surface area contributed by atoms with E-state index in [1.54, 1.807) is 12.4 Å². The van der Waals surface area contributed by atoms with Crippen LogP contribution in [0.25, 0.3) is 11.4 Å². The summed E-state index contributed by atoms with van der Waals surface area (Å²) in [6, 6.07) is 8.12. The van der Waals surface area contributed by atoms with E-state index in [1.165, 1.54) is 44.9 Å². The highest BCUT2D eigenvalue weighted by Crippen LogP contribution is 2.24. The van der Waals surface area contributed by atoms with Crippen LogP contribution in [-0.4, -0.2) is 28.6 Å². The van der Waals surface area contributed by atoms with Crippen LogP contribution in [0.15, 0.2) is 36.7 Å². The van der Waals surface area contributed by atoms with E-state index >= 15 is 0 Å². The van der Waals surface area contributed by atoms with Crippen molar-refractivity contribution in [1.29, 1.82) is 0 Å². The highest BCUT2D eigenvalue weighted by molar-refractivity contribution is 5.70. The third-order valence-corrected chi connectivity index (χ3v) is 6.15. The van der Waals surface area contributed by atoms with Crippen LogP contribution in [0.4, 0.5) is 0 Å². The molecule has 5 nitrogen and oxygen atoms in total. The van der Waals surface area contributed by atoms with Crippen molar-refractivity contribution in [2.45, 2.75) is 110 Å². The first kappa shape index (κ1) is 27.8. The number of carbonyl (C=O) groups excluding carboxylic acids is 1. The monoisotopic (exact) mass is 468 g/mol. The summed E-state index contributed by atoms with van der Waals surface area (Å²) in [6.45, 7) is 9.18. The van der Waals surface area contributed by atoms with E-state index < -0.39 is 0 Å². The fraction of sp³-hybridized carbons (Fsp3) is 0.621. The van der Waals surface area contributed by atoms with Crippen molar-refractivity contribution in [2.75, 3.05) is 6.61 Å². The van der Waals surface area contributed by atoms with Crippen molar-refractivity contribution >= 4 is 5.97 Å². The Balaban J connectivity index is 1.77.